The third-order valence-electron chi connectivity index (χ3n) is 14.6. The maximum Gasteiger partial charge on any atom is 0.0714 e. The molecule has 0 amide bonds. The van der Waals surface area contributed by atoms with Crippen molar-refractivity contribution in [2.45, 2.75) is 30.6 Å². The largest absolute Gasteiger partial charge is 0.310 e. The molecule has 10 aromatic carbocycles. The average molecular weight is 831 g/mol. The van der Waals surface area contributed by atoms with Crippen molar-refractivity contribution in [1.82, 2.24) is 0 Å². The topological polar surface area (TPSA) is 6.48 Å². The highest BCUT2D eigenvalue weighted by Gasteiger charge is 2.51. The number of hydrogen-bond donors (Lipinski definition) is 0. The first-order chi connectivity index (χ1) is 32.1. The third-order valence-corrected chi connectivity index (χ3v) is 14.6. The van der Waals surface area contributed by atoms with E-state index < -0.39 is 5.41 Å². The second-order valence-electron chi connectivity index (χ2n) is 18.1. The summed E-state index contributed by atoms with van der Waals surface area (Å²) in [5, 5.41) is 2.67. The van der Waals surface area contributed by atoms with Crippen molar-refractivity contribution in [2.75, 3.05) is 9.80 Å². The second-order valence-corrected chi connectivity index (χ2v) is 18.1. The lowest BCUT2D eigenvalue weighted by atomic mass is 9.67. The fourth-order valence-electron chi connectivity index (χ4n) is 11.6. The van der Waals surface area contributed by atoms with Gasteiger partial charge in [-0.3, -0.25) is 0 Å². The first-order valence-electron chi connectivity index (χ1n) is 23.0. The summed E-state index contributed by atoms with van der Waals surface area (Å²) >= 11 is 0. The summed E-state index contributed by atoms with van der Waals surface area (Å²) in [6.07, 6.45) is 2.26. The molecule has 2 heteroatoms. The Balaban J connectivity index is 0.997. The number of benzene rings is 10. The maximum absolute atomic E-state index is 2.53. The molecule has 308 valence electrons. The zero-order chi connectivity index (χ0) is 43.1. The smallest absolute Gasteiger partial charge is 0.0714 e. The van der Waals surface area contributed by atoms with Crippen molar-refractivity contribution in [2.24, 2.45) is 0 Å². The van der Waals surface area contributed by atoms with Crippen LogP contribution >= 0.6 is 0 Å². The van der Waals surface area contributed by atoms with Crippen molar-refractivity contribution in [3.63, 3.8) is 0 Å². The van der Waals surface area contributed by atoms with Crippen molar-refractivity contribution in [3.8, 4) is 22.3 Å². The molecular weight excluding hydrogens is 785 g/mol. The van der Waals surface area contributed by atoms with Crippen molar-refractivity contribution < 1.29 is 0 Å². The van der Waals surface area contributed by atoms with Crippen LogP contribution in [-0.4, -0.2) is 0 Å². The van der Waals surface area contributed by atoms with E-state index in [1.807, 2.05) is 0 Å². The minimum atomic E-state index is -0.489. The van der Waals surface area contributed by atoms with Gasteiger partial charge in [0.05, 0.1) is 11.1 Å². The monoisotopic (exact) mass is 830 g/mol. The highest BCUT2D eigenvalue weighted by Crippen LogP contribution is 2.63. The highest BCUT2D eigenvalue weighted by atomic mass is 15.1. The summed E-state index contributed by atoms with van der Waals surface area (Å²) in [6.45, 7) is 2.16. The van der Waals surface area contributed by atoms with Crippen LogP contribution in [0.4, 0.5) is 34.1 Å². The SMILES string of the molecule is Cc1ccc(N(c2ccccc2)c2ccc3c4c(cccc24)-c2ccc(N(c4ccccc4)c4ccc5c(c4)C(c4ccccc4)(c4ccccc4)c4ccccc4-5)cc2C32CC2)cc1. The predicted molar refractivity (Wildman–Crippen MR) is 271 cm³/mol. The minimum absolute atomic E-state index is 0.0460. The number of rotatable bonds is 8. The fourth-order valence-corrected chi connectivity index (χ4v) is 11.6. The predicted octanol–water partition coefficient (Wildman–Crippen LogP) is 16.5. The molecule has 0 bridgehead atoms. The third kappa shape index (κ3) is 5.60. The number of fused-ring (bicyclic) bond motifs is 7. The first-order valence-corrected chi connectivity index (χ1v) is 23.0. The Hall–Kier alpha value is -7.94. The zero-order valence-electron chi connectivity index (χ0n) is 36.3. The number of aryl methyl sites for hydroxylation is 1. The molecule has 0 radical (unpaired) electrons. The molecule has 0 aromatic heterocycles. The minimum Gasteiger partial charge on any atom is -0.310 e. The van der Waals surface area contributed by atoms with E-state index in [1.54, 1.807) is 0 Å². The van der Waals surface area contributed by atoms with E-state index in [0.29, 0.717) is 0 Å². The van der Waals surface area contributed by atoms with Crippen LogP contribution in [-0.2, 0) is 10.8 Å². The van der Waals surface area contributed by atoms with Gasteiger partial charge in [-0.25, -0.2) is 0 Å². The van der Waals surface area contributed by atoms with Gasteiger partial charge in [0, 0.05) is 39.2 Å². The normalized spacial score (nSPS) is 14.4. The van der Waals surface area contributed by atoms with Crippen LogP contribution in [0.1, 0.15) is 51.8 Å². The summed E-state index contributed by atoms with van der Waals surface area (Å²) < 4.78 is 0. The molecule has 0 aliphatic heterocycles. The molecule has 3 aliphatic carbocycles. The molecule has 1 fully saturated rings. The quantitative estimate of drug-likeness (QED) is 0.151. The molecule has 13 rings (SSSR count). The van der Waals surface area contributed by atoms with Gasteiger partial charge in [0.15, 0.2) is 0 Å². The van der Waals surface area contributed by atoms with Gasteiger partial charge in [-0.1, -0.05) is 175 Å². The highest BCUT2D eigenvalue weighted by molar-refractivity contribution is 6.10. The molecule has 2 nitrogen and oxygen atoms in total. The van der Waals surface area contributed by atoms with E-state index >= 15 is 0 Å². The summed E-state index contributed by atoms with van der Waals surface area (Å²) in [5.41, 5.74) is 21.0. The van der Waals surface area contributed by atoms with Crippen LogP contribution in [0.2, 0.25) is 0 Å². The lowest BCUT2D eigenvalue weighted by Gasteiger charge is -2.35. The number of para-hydroxylation sites is 2. The van der Waals surface area contributed by atoms with Crippen LogP contribution in [0, 0.1) is 6.92 Å². The van der Waals surface area contributed by atoms with Crippen LogP contribution in [0.25, 0.3) is 33.0 Å². The maximum atomic E-state index is 2.53. The van der Waals surface area contributed by atoms with E-state index in [9.17, 15) is 0 Å². The first kappa shape index (κ1) is 37.6. The Morgan fingerprint density at radius 3 is 1.46 bits per heavy atom. The number of hydrogen-bond acceptors (Lipinski definition) is 2. The van der Waals surface area contributed by atoms with Gasteiger partial charge < -0.3 is 9.80 Å². The summed E-state index contributed by atoms with van der Waals surface area (Å²) in [7, 11) is 0. The summed E-state index contributed by atoms with van der Waals surface area (Å²) in [4.78, 5) is 4.91. The fraction of sp³-hybridized carbons (Fsp3) is 0.0794. The summed E-state index contributed by atoms with van der Waals surface area (Å²) in [6, 6.07) is 88.2. The molecule has 10 aromatic rings. The van der Waals surface area contributed by atoms with Gasteiger partial charge in [-0.05, 0) is 148 Å². The Morgan fingerprint density at radius 2 is 0.831 bits per heavy atom. The standard InChI is InChI=1S/C63H46N2/c1-43-29-31-48(32-30-43)65(47-23-12-5-13-24-47)60-38-37-57-61-54(26-16-27-55(60)61)53-36-34-49(41-58(53)62(57)39-40-62)64(46-21-10-4-11-22-46)50-33-35-52-51-25-14-15-28-56(51)63(59(52)42-50,44-17-6-2-7-18-44)45-19-8-3-9-20-45/h2-38,41-42H,39-40H2,1H3. The van der Waals surface area contributed by atoms with E-state index in [4.69, 9.17) is 0 Å². The van der Waals surface area contributed by atoms with E-state index in [-0.39, 0.29) is 5.41 Å². The van der Waals surface area contributed by atoms with Crippen molar-refractivity contribution in [3.05, 3.63) is 276 Å². The van der Waals surface area contributed by atoms with Gasteiger partial charge in [0.1, 0.15) is 0 Å². The molecule has 0 saturated heterocycles. The van der Waals surface area contributed by atoms with Gasteiger partial charge in [-0.2, -0.15) is 0 Å². The van der Waals surface area contributed by atoms with Gasteiger partial charge >= 0.3 is 0 Å². The summed E-state index contributed by atoms with van der Waals surface area (Å²) in [5.74, 6) is 0. The Labute approximate surface area is 381 Å². The van der Waals surface area contributed by atoms with E-state index in [0.717, 1.165) is 35.6 Å². The van der Waals surface area contributed by atoms with Crippen molar-refractivity contribution in [1.29, 1.82) is 0 Å². The molecule has 1 saturated carbocycles. The second kappa shape index (κ2) is 14.6. The molecule has 65 heavy (non-hydrogen) atoms. The molecule has 0 heterocycles. The van der Waals surface area contributed by atoms with Crippen LogP contribution in [0.3, 0.4) is 0 Å². The molecule has 0 atom stereocenters. The Morgan fingerprint density at radius 1 is 0.338 bits per heavy atom. The van der Waals surface area contributed by atoms with E-state index in [1.165, 1.54) is 83.3 Å². The lowest BCUT2D eigenvalue weighted by molar-refractivity contribution is 0.768. The Kier molecular flexibility index (Phi) is 8.42. The van der Waals surface area contributed by atoms with Crippen LogP contribution < -0.4 is 9.80 Å². The van der Waals surface area contributed by atoms with Crippen LogP contribution in [0.15, 0.2) is 237 Å². The molecule has 3 aliphatic rings. The van der Waals surface area contributed by atoms with Gasteiger partial charge in [-0.15, -0.1) is 0 Å². The molecule has 0 N–H and O–H groups in total. The number of nitrogens with zero attached hydrogens (tertiary/aromatic N) is 2. The average Bonchev–Trinajstić information content (AvgIpc) is 4.12. The van der Waals surface area contributed by atoms with Crippen LogP contribution in [0.5, 0.6) is 0 Å². The van der Waals surface area contributed by atoms with Gasteiger partial charge in [0.2, 0.25) is 0 Å². The zero-order valence-corrected chi connectivity index (χ0v) is 36.3. The van der Waals surface area contributed by atoms with Gasteiger partial charge in [0.25, 0.3) is 0 Å². The van der Waals surface area contributed by atoms with E-state index in [2.05, 4.69) is 253 Å². The van der Waals surface area contributed by atoms with Crippen molar-refractivity contribution >= 4 is 44.9 Å². The number of anilines is 6. The molecule has 0 unspecified atom stereocenters. The molecular formula is C63H46N2. The lowest BCUT2D eigenvalue weighted by Crippen LogP contribution is -2.28. The Bertz CT molecular complexity index is 3390. The molecule has 1 spiro atoms.